The topological polar surface area (TPSA) is 29.3 Å². The predicted octanol–water partition coefficient (Wildman–Crippen LogP) is 4.23. The van der Waals surface area contributed by atoms with E-state index >= 15 is 0 Å². The molecule has 2 aromatic rings. The summed E-state index contributed by atoms with van der Waals surface area (Å²) in [5.74, 6) is 0. The number of hydrogen-bond donors (Lipinski definition) is 1. The molecule has 0 aliphatic rings. The SMILES string of the molecule is Cc1cccc(N(C)Cc2ccc(N)cc2C(F)(F)F)c1. The summed E-state index contributed by atoms with van der Waals surface area (Å²) in [5.41, 5.74) is 7.06. The zero-order valence-corrected chi connectivity index (χ0v) is 11.9. The van der Waals surface area contributed by atoms with Crippen molar-refractivity contribution < 1.29 is 13.2 Å². The van der Waals surface area contributed by atoms with Gasteiger partial charge in [-0.3, -0.25) is 0 Å². The molecule has 5 heteroatoms. The van der Waals surface area contributed by atoms with Gasteiger partial charge in [-0.25, -0.2) is 0 Å². The van der Waals surface area contributed by atoms with E-state index in [9.17, 15) is 13.2 Å². The minimum atomic E-state index is -4.40. The molecule has 0 aliphatic carbocycles. The second-order valence-corrected chi connectivity index (χ2v) is 5.11. The second-order valence-electron chi connectivity index (χ2n) is 5.11. The van der Waals surface area contributed by atoms with Gasteiger partial charge in [0.25, 0.3) is 0 Å². The van der Waals surface area contributed by atoms with Gasteiger partial charge >= 0.3 is 6.18 Å². The van der Waals surface area contributed by atoms with Crippen molar-refractivity contribution in [2.75, 3.05) is 17.7 Å². The highest BCUT2D eigenvalue weighted by Crippen LogP contribution is 2.34. The third-order valence-electron chi connectivity index (χ3n) is 3.29. The summed E-state index contributed by atoms with van der Waals surface area (Å²) in [7, 11) is 1.77. The molecule has 2 nitrogen and oxygen atoms in total. The summed E-state index contributed by atoms with van der Waals surface area (Å²) in [5, 5.41) is 0. The summed E-state index contributed by atoms with van der Waals surface area (Å²) >= 11 is 0. The van der Waals surface area contributed by atoms with E-state index in [0.717, 1.165) is 17.3 Å². The van der Waals surface area contributed by atoms with E-state index in [2.05, 4.69) is 0 Å². The van der Waals surface area contributed by atoms with Crippen molar-refractivity contribution in [2.24, 2.45) is 0 Å². The molecule has 0 heterocycles. The molecule has 0 saturated heterocycles. The summed E-state index contributed by atoms with van der Waals surface area (Å²) in [4.78, 5) is 1.79. The van der Waals surface area contributed by atoms with Crippen molar-refractivity contribution >= 4 is 11.4 Å². The second kappa shape index (κ2) is 5.68. The third-order valence-corrected chi connectivity index (χ3v) is 3.29. The third kappa shape index (κ3) is 3.68. The van der Waals surface area contributed by atoms with E-state index in [-0.39, 0.29) is 17.8 Å². The Morgan fingerprint density at radius 1 is 1.10 bits per heavy atom. The Labute approximate surface area is 122 Å². The molecule has 0 saturated carbocycles. The highest BCUT2D eigenvalue weighted by Gasteiger charge is 2.33. The first-order valence-electron chi connectivity index (χ1n) is 6.51. The summed E-state index contributed by atoms with van der Waals surface area (Å²) in [6.07, 6.45) is -4.40. The molecule has 0 aromatic heterocycles. The van der Waals surface area contributed by atoms with Gasteiger partial charge in [0.2, 0.25) is 0 Å². The van der Waals surface area contributed by atoms with Crippen LogP contribution in [-0.4, -0.2) is 7.05 Å². The lowest BCUT2D eigenvalue weighted by Crippen LogP contribution is -2.20. The Bertz CT molecular complexity index is 636. The molecule has 2 N–H and O–H groups in total. The number of hydrogen-bond acceptors (Lipinski definition) is 2. The number of anilines is 2. The van der Waals surface area contributed by atoms with E-state index in [4.69, 9.17) is 5.73 Å². The Balaban J connectivity index is 2.31. The normalized spacial score (nSPS) is 11.5. The first-order chi connectivity index (χ1) is 9.77. The predicted molar refractivity (Wildman–Crippen MR) is 79.1 cm³/mol. The summed E-state index contributed by atoms with van der Waals surface area (Å²) < 4.78 is 39.2. The molecule has 0 aliphatic heterocycles. The first kappa shape index (κ1) is 15.2. The van der Waals surface area contributed by atoms with Crippen molar-refractivity contribution in [3.05, 3.63) is 59.2 Å². The van der Waals surface area contributed by atoms with E-state index in [0.29, 0.717) is 0 Å². The van der Waals surface area contributed by atoms with Crippen LogP contribution in [0, 0.1) is 6.92 Å². The largest absolute Gasteiger partial charge is 0.416 e. The van der Waals surface area contributed by atoms with E-state index in [1.807, 2.05) is 31.2 Å². The van der Waals surface area contributed by atoms with Crippen molar-refractivity contribution in [1.82, 2.24) is 0 Å². The monoisotopic (exact) mass is 294 g/mol. The van der Waals surface area contributed by atoms with Gasteiger partial charge < -0.3 is 10.6 Å². The zero-order valence-electron chi connectivity index (χ0n) is 11.9. The molecule has 2 aromatic carbocycles. The number of aryl methyl sites for hydroxylation is 1. The molecular formula is C16H17F3N2. The fraction of sp³-hybridized carbons (Fsp3) is 0.250. The van der Waals surface area contributed by atoms with Crippen LogP contribution in [-0.2, 0) is 12.7 Å². The molecule has 0 amide bonds. The average molecular weight is 294 g/mol. The van der Waals surface area contributed by atoms with E-state index in [1.54, 1.807) is 11.9 Å². The smallest absolute Gasteiger partial charge is 0.399 e. The first-order valence-corrected chi connectivity index (χ1v) is 6.51. The maximum absolute atomic E-state index is 13.1. The Morgan fingerprint density at radius 2 is 1.81 bits per heavy atom. The number of alkyl halides is 3. The van der Waals surface area contributed by atoms with Crippen LogP contribution in [0.3, 0.4) is 0 Å². The molecule has 0 fully saturated rings. The summed E-state index contributed by atoms with van der Waals surface area (Å²) in [6.45, 7) is 2.11. The van der Waals surface area contributed by atoms with Gasteiger partial charge in [-0.1, -0.05) is 18.2 Å². The van der Waals surface area contributed by atoms with E-state index in [1.165, 1.54) is 12.1 Å². The molecule has 0 unspecified atom stereocenters. The van der Waals surface area contributed by atoms with Crippen LogP contribution in [0.4, 0.5) is 24.5 Å². The van der Waals surface area contributed by atoms with Crippen molar-refractivity contribution in [1.29, 1.82) is 0 Å². The van der Waals surface area contributed by atoms with Gasteiger partial charge in [-0.05, 0) is 42.3 Å². The van der Waals surface area contributed by atoms with Crippen molar-refractivity contribution in [2.45, 2.75) is 19.6 Å². The van der Waals surface area contributed by atoms with Gasteiger partial charge in [-0.2, -0.15) is 13.2 Å². The Kier molecular flexibility index (Phi) is 4.11. The minimum Gasteiger partial charge on any atom is -0.399 e. The molecular weight excluding hydrogens is 277 g/mol. The minimum absolute atomic E-state index is 0.115. The quantitative estimate of drug-likeness (QED) is 0.858. The van der Waals surface area contributed by atoms with Crippen LogP contribution in [0.2, 0.25) is 0 Å². The lowest BCUT2D eigenvalue weighted by atomic mass is 10.1. The van der Waals surface area contributed by atoms with Gasteiger partial charge in [0, 0.05) is 25.0 Å². The molecule has 0 atom stereocenters. The number of nitrogens with two attached hydrogens (primary N) is 1. The number of nitrogen functional groups attached to an aromatic ring is 1. The van der Waals surface area contributed by atoms with Crippen LogP contribution in [0.15, 0.2) is 42.5 Å². The highest BCUT2D eigenvalue weighted by atomic mass is 19.4. The van der Waals surface area contributed by atoms with Gasteiger partial charge in [0.05, 0.1) is 5.56 Å². The van der Waals surface area contributed by atoms with Crippen molar-refractivity contribution in [3.8, 4) is 0 Å². The lowest BCUT2D eigenvalue weighted by Gasteiger charge is -2.22. The molecule has 0 spiro atoms. The van der Waals surface area contributed by atoms with Crippen LogP contribution in [0.5, 0.6) is 0 Å². The maximum atomic E-state index is 13.1. The number of halogens is 3. The fourth-order valence-corrected chi connectivity index (χ4v) is 2.21. The molecule has 0 bridgehead atoms. The number of benzene rings is 2. The molecule has 0 radical (unpaired) electrons. The van der Waals surface area contributed by atoms with E-state index < -0.39 is 11.7 Å². The van der Waals surface area contributed by atoms with Crippen molar-refractivity contribution in [3.63, 3.8) is 0 Å². The van der Waals surface area contributed by atoms with Crippen LogP contribution in [0.25, 0.3) is 0 Å². The molecule has 112 valence electrons. The highest BCUT2D eigenvalue weighted by molar-refractivity contribution is 5.51. The zero-order chi connectivity index (χ0) is 15.6. The average Bonchev–Trinajstić information content (AvgIpc) is 2.39. The number of nitrogens with zero attached hydrogens (tertiary/aromatic N) is 1. The maximum Gasteiger partial charge on any atom is 0.416 e. The summed E-state index contributed by atoms with van der Waals surface area (Å²) in [6, 6.07) is 11.6. The number of rotatable bonds is 3. The lowest BCUT2D eigenvalue weighted by molar-refractivity contribution is -0.138. The van der Waals surface area contributed by atoms with Crippen LogP contribution >= 0.6 is 0 Å². The van der Waals surface area contributed by atoms with Gasteiger partial charge in [0.15, 0.2) is 0 Å². The Hall–Kier alpha value is -2.17. The standard InChI is InChI=1S/C16H17F3N2/c1-11-4-3-5-14(8-11)21(2)10-12-6-7-13(20)9-15(12)16(17,18)19/h3-9H,10,20H2,1-2H3. The van der Waals surface area contributed by atoms with Gasteiger partial charge in [-0.15, -0.1) is 0 Å². The molecule has 21 heavy (non-hydrogen) atoms. The van der Waals surface area contributed by atoms with Gasteiger partial charge in [0.1, 0.15) is 0 Å². The Morgan fingerprint density at radius 3 is 2.43 bits per heavy atom. The van der Waals surface area contributed by atoms with Crippen LogP contribution < -0.4 is 10.6 Å². The van der Waals surface area contributed by atoms with Crippen LogP contribution in [0.1, 0.15) is 16.7 Å². The molecule has 2 rings (SSSR count). The fourth-order valence-electron chi connectivity index (χ4n) is 2.21.